The van der Waals surface area contributed by atoms with E-state index in [9.17, 15) is 4.79 Å². The molecule has 0 aliphatic rings. The van der Waals surface area contributed by atoms with Crippen molar-refractivity contribution in [2.75, 3.05) is 20.1 Å². The Bertz CT molecular complexity index is 701. The van der Waals surface area contributed by atoms with Crippen LogP contribution in [0.3, 0.4) is 0 Å². The third kappa shape index (κ3) is 6.26. The second-order valence-electron chi connectivity index (χ2n) is 5.47. The van der Waals surface area contributed by atoms with Gasteiger partial charge in [0, 0.05) is 24.6 Å². The van der Waals surface area contributed by atoms with Crippen molar-refractivity contribution in [2.24, 2.45) is 4.99 Å². The topological polar surface area (TPSA) is 69.9 Å². The SMILES string of the molecule is CCNC(=NCC(=O)NCc1ccco1)N(C)Cc1ccccc1Br. The van der Waals surface area contributed by atoms with E-state index in [-0.39, 0.29) is 12.5 Å². The Hall–Kier alpha value is -2.28. The van der Waals surface area contributed by atoms with Crippen LogP contribution in [0.2, 0.25) is 0 Å². The molecule has 2 rings (SSSR count). The molecule has 0 fully saturated rings. The number of hydrogen-bond donors (Lipinski definition) is 2. The van der Waals surface area contributed by atoms with E-state index in [4.69, 9.17) is 4.42 Å². The molecule has 6 nitrogen and oxygen atoms in total. The first kappa shape index (κ1) is 19.1. The number of carbonyl (C=O) groups excluding carboxylic acids is 1. The Morgan fingerprint density at radius 3 is 2.72 bits per heavy atom. The second-order valence-corrected chi connectivity index (χ2v) is 6.33. The van der Waals surface area contributed by atoms with Crippen LogP contribution in [0.5, 0.6) is 0 Å². The summed E-state index contributed by atoms with van der Waals surface area (Å²) in [4.78, 5) is 18.4. The van der Waals surface area contributed by atoms with E-state index >= 15 is 0 Å². The van der Waals surface area contributed by atoms with E-state index < -0.39 is 0 Å². The summed E-state index contributed by atoms with van der Waals surface area (Å²) < 4.78 is 6.24. The van der Waals surface area contributed by atoms with E-state index in [1.807, 2.05) is 43.1 Å². The molecule has 0 unspecified atom stereocenters. The van der Waals surface area contributed by atoms with Crippen LogP contribution in [0, 0.1) is 0 Å². The van der Waals surface area contributed by atoms with Crippen LogP contribution in [0.1, 0.15) is 18.2 Å². The second kappa shape index (κ2) is 9.88. The largest absolute Gasteiger partial charge is 0.467 e. The minimum absolute atomic E-state index is 0.0589. The van der Waals surface area contributed by atoms with Crippen LogP contribution < -0.4 is 10.6 Å². The lowest BCUT2D eigenvalue weighted by Gasteiger charge is -2.22. The molecule has 1 aromatic heterocycles. The highest BCUT2D eigenvalue weighted by molar-refractivity contribution is 9.10. The number of carbonyl (C=O) groups is 1. The van der Waals surface area contributed by atoms with Crippen LogP contribution in [-0.2, 0) is 17.9 Å². The lowest BCUT2D eigenvalue weighted by Crippen LogP contribution is -2.39. The van der Waals surface area contributed by atoms with Crippen molar-refractivity contribution in [3.05, 3.63) is 58.5 Å². The molecule has 7 heteroatoms. The third-order valence-corrected chi connectivity index (χ3v) is 4.25. The van der Waals surface area contributed by atoms with Gasteiger partial charge in [-0.15, -0.1) is 0 Å². The summed E-state index contributed by atoms with van der Waals surface area (Å²) in [6.45, 7) is 3.83. The number of aliphatic imine (C=N–C) groups is 1. The maximum Gasteiger partial charge on any atom is 0.242 e. The molecule has 0 aliphatic heterocycles. The molecule has 1 amide bonds. The summed E-state index contributed by atoms with van der Waals surface area (Å²) in [7, 11) is 1.95. The lowest BCUT2D eigenvalue weighted by molar-refractivity contribution is -0.119. The summed E-state index contributed by atoms with van der Waals surface area (Å²) in [5, 5.41) is 6.00. The van der Waals surface area contributed by atoms with Crippen molar-refractivity contribution in [1.29, 1.82) is 0 Å². The first-order valence-electron chi connectivity index (χ1n) is 8.12. The maximum absolute atomic E-state index is 12.0. The Morgan fingerprint density at radius 1 is 1.24 bits per heavy atom. The average Bonchev–Trinajstić information content (AvgIpc) is 3.12. The molecule has 0 aliphatic carbocycles. The van der Waals surface area contributed by atoms with Gasteiger partial charge < -0.3 is 20.0 Å². The van der Waals surface area contributed by atoms with Crippen LogP contribution >= 0.6 is 15.9 Å². The van der Waals surface area contributed by atoms with Crippen LogP contribution in [0.25, 0.3) is 0 Å². The molecule has 0 spiro atoms. The summed E-state index contributed by atoms with van der Waals surface area (Å²) in [5.41, 5.74) is 1.15. The number of benzene rings is 1. The minimum Gasteiger partial charge on any atom is -0.467 e. The first-order chi connectivity index (χ1) is 12.1. The number of halogens is 1. The number of nitrogens with zero attached hydrogens (tertiary/aromatic N) is 2. The van der Waals surface area contributed by atoms with E-state index in [0.29, 0.717) is 19.0 Å². The average molecular weight is 407 g/mol. The first-order valence-corrected chi connectivity index (χ1v) is 8.91. The predicted molar refractivity (Wildman–Crippen MR) is 102 cm³/mol. The fraction of sp³-hybridized carbons (Fsp3) is 0.333. The highest BCUT2D eigenvalue weighted by Crippen LogP contribution is 2.17. The van der Waals surface area contributed by atoms with Crippen molar-refractivity contribution in [1.82, 2.24) is 15.5 Å². The van der Waals surface area contributed by atoms with Crippen LogP contribution in [0.15, 0.2) is 56.5 Å². The molecule has 2 N–H and O–H groups in total. The molecule has 2 aromatic rings. The van der Waals surface area contributed by atoms with Gasteiger partial charge in [-0.2, -0.15) is 0 Å². The molecule has 0 radical (unpaired) electrons. The Balaban J connectivity index is 1.92. The van der Waals surface area contributed by atoms with Crippen molar-refractivity contribution in [2.45, 2.75) is 20.0 Å². The molecule has 0 saturated carbocycles. The van der Waals surface area contributed by atoms with Gasteiger partial charge in [0.05, 0.1) is 12.8 Å². The number of furan rings is 1. The normalized spacial score (nSPS) is 11.2. The van der Waals surface area contributed by atoms with Gasteiger partial charge in [-0.3, -0.25) is 4.79 Å². The summed E-state index contributed by atoms with van der Waals surface area (Å²) >= 11 is 3.55. The highest BCUT2D eigenvalue weighted by Gasteiger charge is 2.09. The van der Waals surface area contributed by atoms with Gasteiger partial charge in [-0.25, -0.2) is 4.99 Å². The fourth-order valence-corrected chi connectivity index (χ4v) is 2.64. The maximum atomic E-state index is 12.0. The fourth-order valence-electron chi connectivity index (χ4n) is 2.23. The van der Waals surface area contributed by atoms with Crippen molar-refractivity contribution in [3.8, 4) is 0 Å². The van der Waals surface area contributed by atoms with Crippen LogP contribution in [0.4, 0.5) is 0 Å². The molecule has 0 atom stereocenters. The van der Waals surface area contributed by atoms with Crippen LogP contribution in [-0.4, -0.2) is 36.9 Å². The summed E-state index contributed by atoms with van der Waals surface area (Å²) in [6, 6.07) is 11.7. The van der Waals surface area contributed by atoms with Gasteiger partial charge in [-0.05, 0) is 30.7 Å². The zero-order valence-corrected chi connectivity index (χ0v) is 16.0. The van der Waals surface area contributed by atoms with Gasteiger partial charge in [0.1, 0.15) is 12.3 Å². The van der Waals surface area contributed by atoms with Crippen molar-refractivity contribution >= 4 is 27.8 Å². The monoisotopic (exact) mass is 406 g/mol. The van der Waals surface area contributed by atoms with E-state index in [1.54, 1.807) is 12.3 Å². The molecule has 1 heterocycles. The minimum atomic E-state index is -0.152. The number of nitrogens with one attached hydrogen (secondary N) is 2. The molecule has 0 bridgehead atoms. The molecular formula is C18H23BrN4O2. The Morgan fingerprint density at radius 2 is 2.04 bits per heavy atom. The Kier molecular flexibility index (Phi) is 7.53. The zero-order chi connectivity index (χ0) is 18.1. The molecule has 134 valence electrons. The molecular weight excluding hydrogens is 384 g/mol. The summed E-state index contributed by atoms with van der Waals surface area (Å²) in [5.74, 6) is 1.25. The van der Waals surface area contributed by atoms with E-state index in [0.717, 1.165) is 22.3 Å². The quantitative estimate of drug-likeness (QED) is 0.547. The van der Waals surface area contributed by atoms with E-state index in [1.165, 1.54) is 0 Å². The van der Waals surface area contributed by atoms with E-state index in [2.05, 4.69) is 37.6 Å². The van der Waals surface area contributed by atoms with Gasteiger partial charge >= 0.3 is 0 Å². The van der Waals surface area contributed by atoms with Crippen molar-refractivity contribution in [3.63, 3.8) is 0 Å². The number of hydrogen-bond acceptors (Lipinski definition) is 3. The lowest BCUT2D eigenvalue weighted by atomic mass is 10.2. The third-order valence-electron chi connectivity index (χ3n) is 3.47. The van der Waals surface area contributed by atoms with Gasteiger partial charge in [-0.1, -0.05) is 34.1 Å². The summed E-state index contributed by atoms with van der Waals surface area (Å²) in [6.07, 6.45) is 1.58. The number of rotatable bonds is 7. The Labute approximate surface area is 156 Å². The molecule has 1 aromatic carbocycles. The zero-order valence-electron chi connectivity index (χ0n) is 14.5. The molecule has 25 heavy (non-hydrogen) atoms. The highest BCUT2D eigenvalue weighted by atomic mass is 79.9. The van der Waals surface area contributed by atoms with Crippen molar-refractivity contribution < 1.29 is 9.21 Å². The van der Waals surface area contributed by atoms with Gasteiger partial charge in [0.25, 0.3) is 0 Å². The predicted octanol–water partition coefficient (Wildman–Crippen LogP) is 2.76. The number of amides is 1. The smallest absolute Gasteiger partial charge is 0.242 e. The standard InChI is InChI=1S/C18H23BrN4O2/c1-3-20-18(23(2)13-14-7-4-5-9-16(14)19)22-12-17(24)21-11-15-8-6-10-25-15/h4-10H,3,11-13H2,1-2H3,(H,20,22)(H,21,24). The molecule has 0 saturated heterocycles. The van der Waals surface area contributed by atoms with Gasteiger partial charge in [0.15, 0.2) is 5.96 Å². The number of guanidine groups is 1. The van der Waals surface area contributed by atoms with Gasteiger partial charge in [0.2, 0.25) is 5.91 Å².